The quantitative estimate of drug-likeness (QED) is 0.499. The van der Waals surface area contributed by atoms with E-state index in [1.165, 1.54) is 6.42 Å². The van der Waals surface area contributed by atoms with Crippen molar-refractivity contribution in [2.24, 2.45) is 0 Å². The first-order valence-corrected chi connectivity index (χ1v) is 3.70. The highest BCUT2D eigenvalue weighted by Crippen LogP contribution is 2.16. The number of fused-ring (bicyclic) bond motifs is 1. The number of urea groups is 1. The van der Waals surface area contributed by atoms with E-state index < -0.39 is 0 Å². The van der Waals surface area contributed by atoms with Crippen LogP contribution in [0.25, 0.3) is 0 Å². The second-order valence-corrected chi connectivity index (χ2v) is 2.78. The van der Waals surface area contributed by atoms with Crippen molar-refractivity contribution >= 4 is 6.03 Å². The van der Waals surface area contributed by atoms with Crippen LogP contribution in [0.1, 0.15) is 19.3 Å². The van der Waals surface area contributed by atoms with E-state index in [-0.39, 0.29) is 12.2 Å². The van der Waals surface area contributed by atoms with E-state index in [0.29, 0.717) is 0 Å². The predicted molar refractivity (Wildman–Crippen MR) is 36.0 cm³/mol. The van der Waals surface area contributed by atoms with Crippen LogP contribution in [0.4, 0.5) is 4.79 Å². The van der Waals surface area contributed by atoms with Crippen molar-refractivity contribution in [2.45, 2.75) is 25.4 Å². The topological polar surface area (TPSA) is 44.4 Å². The minimum Gasteiger partial charge on any atom is -0.307 e. The molecule has 56 valence electrons. The fraction of sp³-hybridized carbons (Fsp3) is 0.833. The van der Waals surface area contributed by atoms with Crippen molar-refractivity contribution in [1.29, 1.82) is 0 Å². The lowest BCUT2D eigenvalue weighted by Gasteiger charge is -2.26. The lowest BCUT2D eigenvalue weighted by atomic mass is 10.1. The maximum absolute atomic E-state index is 11.0. The van der Waals surface area contributed by atoms with E-state index >= 15 is 0 Å². The summed E-state index contributed by atoms with van der Waals surface area (Å²) in [6.07, 6.45) is 3.72. The summed E-state index contributed by atoms with van der Waals surface area (Å²) < 4.78 is 0. The highest BCUT2D eigenvalue weighted by Gasteiger charge is 2.31. The molecule has 0 aromatic carbocycles. The third kappa shape index (κ3) is 0.759. The van der Waals surface area contributed by atoms with Gasteiger partial charge in [-0.1, -0.05) is 0 Å². The average Bonchev–Trinajstić information content (AvgIpc) is 2.34. The Morgan fingerprint density at radius 3 is 3.20 bits per heavy atom. The lowest BCUT2D eigenvalue weighted by Crippen LogP contribution is -2.40. The largest absolute Gasteiger partial charge is 0.333 e. The Bertz CT molecular complexity index is 159. The Balaban J connectivity index is 2.08. The smallest absolute Gasteiger partial charge is 0.307 e. The van der Waals surface area contributed by atoms with Gasteiger partial charge in [0.1, 0.15) is 6.17 Å². The second kappa shape index (κ2) is 2.12. The first kappa shape index (κ1) is 5.97. The molecule has 4 nitrogen and oxygen atoms in total. The van der Waals surface area contributed by atoms with Crippen molar-refractivity contribution < 1.29 is 4.79 Å². The molecule has 0 spiro atoms. The molecule has 1 unspecified atom stereocenters. The van der Waals surface area contributed by atoms with Crippen LogP contribution in [0.5, 0.6) is 0 Å². The van der Waals surface area contributed by atoms with Gasteiger partial charge in [-0.25, -0.2) is 10.2 Å². The molecule has 2 rings (SSSR count). The van der Waals surface area contributed by atoms with Crippen molar-refractivity contribution in [3.8, 4) is 0 Å². The van der Waals surface area contributed by atoms with Crippen LogP contribution in [-0.2, 0) is 0 Å². The number of hydrogen-bond acceptors (Lipinski definition) is 2. The fourth-order valence-electron chi connectivity index (χ4n) is 1.54. The standard InChI is InChI=1S/C6H11N3O/c10-6-8-7-5-3-1-2-4-9(5)6/h5,7H,1-4H2,(H,8,10). The Hall–Kier alpha value is -0.770. The predicted octanol–water partition coefficient (Wildman–Crippen LogP) is 0.0262. The maximum atomic E-state index is 11.0. The molecule has 2 amide bonds. The molecule has 0 aromatic rings. The average molecular weight is 141 g/mol. The van der Waals surface area contributed by atoms with Crippen LogP contribution >= 0.6 is 0 Å². The number of carbonyl (C=O) groups is 1. The Labute approximate surface area is 59.5 Å². The molecule has 0 bridgehead atoms. The molecular weight excluding hydrogens is 130 g/mol. The summed E-state index contributed by atoms with van der Waals surface area (Å²) in [6, 6.07) is 0.0321. The summed E-state index contributed by atoms with van der Waals surface area (Å²) in [6.45, 7) is 0.906. The fourth-order valence-corrected chi connectivity index (χ4v) is 1.54. The number of rotatable bonds is 0. The van der Waals surface area contributed by atoms with E-state index in [1.807, 2.05) is 4.90 Å². The minimum absolute atomic E-state index is 0.0321. The third-order valence-electron chi connectivity index (χ3n) is 2.11. The molecule has 2 aliphatic rings. The van der Waals surface area contributed by atoms with Crippen LogP contribution in [0.15, 0.2) is 0 Å². The second-order valence-electron chi connectivity index (χ2n) is 2.78. The SMILES string of the molecule is O=C1NNC2CCCCN12. The Kier molecular flexibility index (Phi) is 1.27. The first-order chi connectivity index (χ1) is 4.88. The molecule has 2 aliphatic heterocycles. The number of carbonyl (C=O) groups excluding carboxylic acids is 1. The van der Waals surface area contributed by atoms with Crippen molar-refractivity contribution in [2.75, 3.05) is 6.54 Å². The molecule has 4 heteroatoms. The number of hydrazine groups is 1. The van der Waals surface area contributed by atoms with Gasteiger partial charge in [-0.2, -0.15) is 0 Å². The molecule has 0 aliphatic carbocycles. The highest BCUT2D eigenvalue weighted by molar-refractivity contribution is 5.75. The third-order valence-corrected chi connectivity index (χ3v) is 2.11. The van der Waals surface area contributed by atoms with Gasteiger partial charge in [0, 0.05) is 6.54 Å². The summed E-state index contributed by atoms with van der Waals surface area (Å²) in [5, 5.41) is 0. The van der Waals surface area contributed by atoms with Gasteiger partial charge in [0.2, 0.25) is 0 Å². The van der Waals surface area contributed by atoms with Gasteiger partial charge in [-0.05, 0) is 19.3 Å². The van der Waals surface area contributed by atoms with E-state index in [9.17, 15) is 4.79 Å². The van der Waals surface area contributed by atoms with Gasteiger partial charge in [-0.15, -0.1) is 0 Å². The Morgan fingerprint density at radius 2 is 2.40 bits per heavy atom. The van der Waals surface area contributed by atoms with E-state index in [2.05, 4.69) is 10.9 Å². The number of piperidine rings is 1. The van der Waals surface area contributed by atoms with Crippen molar-refractivity contribution in [3.05, 3.63) is 0 Å². The molecule has 0 saturated carbocycles. The van der Waals surface area contributed by atoms with Gasteiger partial charge in [-0.3, -0.25) is 5.43 Å². The summed E-state index contributed by atoms with van der Waals surface area (Å²) in [4.78, 5) is 12.8. The molecule has 2 heterocycles. The van der Waals surface area contributed by atoms with Gasteiger partial charge in [0.25, 0.3) is 0 Å². The zero-order valence-electron chi connectivity index (χ0n) is 5.76. The zero-order valence-corrected chi connectivity index (χ0v) is 5.76. The van der Waals surface area contributed by atoms with Crippen LogP contribution in [0, 0.1) is 0 Å². The monoisotopic (exact) mass is 141 g/mol. The molecule has 0 aromatic heterocycles. The van der Waals surface area contributed by atoms with Gasteiger partial charge >= 0.3 is 6.03 Å². The van der Waals surface area contributed by atoms with E-state index in [1.54, 1.807) is 0 Å². The number of nitrogens with one attached hydrogen (secondary N) is 2. The lowest BCUT2D eigenvalue weighted by molar-refractivity contribution is 0.178. The highest BCUT2D eigenvalue weighted by atomic mass is 16.2. The number of amides is 2. The Morgan fingerprint density at radius 1 is 1.50 bits per heavy atom. The van der Waals surface area contributed by atoms with E-state index in [4.69, 9.17) is 0 Å². The van der Waals surface area contributed by atoms with Gasteiger partial charge in [0.05, 0.1) is 0 Å². The summed E-state index contributed by atoms with van der Waals surface area (Å²) in [5.74, 6) is 0. The van der Waals surface area contributed by atoms with Gasteiger partial charge < -0.3 is 4.90 Å². The summed E-state index contributed by atoms with van der Waals surface area (Å²) in [7, 11) is 0. The molecule has 0 radical (unpaired) electrons. The van der Waals surface area contributed by atoms with Crippen LogP contribution in [-0.4, -0.2) is 23.6 Å². The zero-order chi connectivity index (χ0) is 6.97. The van der Waals surface area contributed by atoms with Crippen molar-refractivity contribution in [1.82, 2.24) is 15.8 Å². The molecule has 1 atom stereocenters. The van der Waals surface area contributed by atoms with Crippen LogP contribution < -0.4 is 10.9 Å². The molecule has 2 fully saturated rings. The molecular formula is C6H11N3O. The normalized spacial score (nSPS) is 31.8. The van der Waals surface area contributed by atoms with Crippen molar-refractivity contribution in [3.63, 3.8) is 0 Å². The van der Waals surface area contributed by atoms with Crippen LogP contribution in [0.2, 0.25) is 0 Å². The summed E-state index contributed by atoms with van der Waals surface area (Å²) in [5.41, 5.74) is 5.53. The summed E-state index contributed by atoms with van der Waals surface area (Å²) >= 11 is 0. The molecule has 2 N–H and O–H groups in total. The molecule has 10 heavy (non-hydrogen) atoms. The first-order valence-electron chi connectivity index (χ1n) is 3.70. The minimum atomic E-state index is 0.0321. The number of nitrogens with zero attached hydrogens (tertiary/aromatic N) is 1. The molecule has 2 saturated heterocycles. The van der Waals surface area contributed by atoms with E-state index in [0.717, 1.165) is 19.4 Å². The number of hydrogen-bond donors (Lipinski definition) is 2. The van der Waals surface area contributed by atoms with Gasteiger partial charge in [0.15, 0.2) is 0 Å². The maximum Gasteiger partial charge on any atom is 0.333 e. The van der Waals surface area contributed by atoms with Crippen LogP contribution in [0.3, 0.4) is 0 Å².